The summed E-state index contributed by atoms with van der Waals surface area (Å²) in [6.45, 7) is 2.74. The maximum atomic E-state index is 11.5. The van der Waals surface area contributed by atoms with E-state index in [2.05, 4.69) is 5.10 Å². The zero-order chi connectivity index (χ0) is 13.3. The maximum Gasteiger partial charge on any atom is 0.334 e. The van der Waals surface area contributed by atoms with Gasteiger partial charge in [-0.25, -0.2) is 4.68 Å². The van der Waals surface area contributed by atoms with Crippen LogP contribution in [0.2, 0.25) is 0 Å². The number of piperidine rings is 1. The van der Waals surface area contributed by atoms with Crippen molar-refractivity contribution in [3.63, 3.8) is 0 Å². The average Bonchev–Trinajstić information content (AvgIpc) is 2.66. The predicted molar refractivity (Wildman–Crippen MR) is 65.7 cm³/mol. The molecule has 0 N–H and O–H groups in total. The Bertz CT molecular complexity index is 495. The second-order valence-corrected chi connectivity index (χ2v) is 4.42. The van der Waals surface area contributed by atoms with E-state index in [-0.39, 0.29) is 18.0 Å². The van der Waals surface area contributed by atoms with Gasteiger partial charge in [-0.15, -0.1) is 0 Å². The smallest absolute Gasteiger partial charge is 0.334 e. The Hall–Kier alpha value is -1.92. The number of nitro groups is 1. The van der Waals surface area contributed by atoms with E-state index in [9.17, 15) is 14.9 Å². The molecule has 0 unspecified atom stereocenters. The molecule has 0 spiro atoms. The summed E-state index contributed by atoms with van der Waals surface area (Å²) in [7, 11) is 1.68. The summed E-state index contributed by atoms with van der Waals surface area (Å²) in [6.07, 6.45) is 1.80. The molecule has 0 aromatic carbocycles. The topological polar surface area (TPSA) is 81.3 Å². The van der Waals surface area contributed by atoms with Crippen LogP contribution in [-0.4, -0.2) is 33.6 Å². The van der Waals surface area contributed by atoms with Crippen LogP contribution in [-0.2, 0) is 18.3 Å². The van der Waals surface area contributed by atoms with Crippen LogP contribution in [0, 0.1) is 10.1 Å². The van der Waals surface area contributed by atoms with E-state index in [1.54, 1.807) is 11.9 Å². The third-order valence-corrected chi connectivity index (χ3v) is 3.13. The number of nitrogens with zero attached hydrogens (tertiary/aromatic N) is 4. The molecule has 1 aromatic heterocycles. The van der Waals surface area contributed by atoms with E-state index in [1.807, 2.05) is 6.92 Å². The minimum Gasteiger partial charge on any atom is -0.344 e. The number of carbonyl (C=O) groups is 1. The molecule has 2 rings (SSSR count). The normalized spacial score (nSPS) is 16.1. The molecule has 98 valence electrons. The number of Topliss-reactive ketones (excluding diaryl/α,β-unsaturated/α-hetero) is 1. The number of ketones is 1. The maximum absolute atomic E-state index is 11.5. The largest absolute Gasteiger partial charge is 0.344 e. The van der Waals surface area contributed by atoms with Crippen LogP contribution in [0.1, 0.15) is 25.5 Å². The Labute approximate surface area is 105 Å². The van der Waals surface area contributed by atoms with Crippen molar-refractivity contribution in [1.82, 2.24) is 9.78 Å². The number of carbonyl (C=O) groups excluding carboxylic acids is 1. The van der Waals surface area contributed by atoms with Gasteiger partial charge in [0.05, 0.1) is 11.5 Å². The van der Waals surface area contributed by atoms with Crippen LogP contribution in [0.5, 0.6) is 0 Å². The minimum atomic E-state index is -0.403. The Balaban J connectivity index is 2.45. The summed E-state index contributed by atoms with van der Waals surface area (Å²) in [5.74, 6) is 0.569. The molecule has 0 bridgehead atoms. The van der Waals surface area contributed by atoms with Crippen molar-refractivity contribution in [3.8, 4) is 0 Å². The van der Waals surface area contributed by atoms with Gasteiger partial charge in [0.15, 0.2) is 5.78 Å². The number of anilines is 1. The molecule has 0 amide bonds. The van der Waals surface area contributed by atoms with Crippen LogP contribution in [0.3, 0.4) is 0 Å². The molecule has 7 nitrogen and oxygen atoms in total. The van der Waals surface area contributed by atoms with Crippen molar-refractivity contribution in [1.29, 1.82) is 0 Å². The number of hydrogen-bond acceptors (Lipinski definition) is 5. The number of aryl methyl sites for hydroxylation is 2. The van der Waals surface area contributed by atoms with Gasteiger partial charge in [-0.3, -0.25) is 14.9 Å². The lowest BCUT2D eigenvalue weighted by atomic mass is 10.1. The van der Waals surface area contributed by atoms with Gasteiger partial charge in [-0.2, -0.15) is 5.10 Å². The Morgan fingerprint density at radius 1 is 1.50 bits per heavy atom. The Morgan fingerprint density at radius 2 is 2.22 bits per heavy atom. The number of rotatable bonds is 3. The fourth-order valence-electron chi connectivity index (χ4n) is 2.36. The van der Waals surface area contributed by atoms with Crippen molar-refractivity contribution in [2.75, 3.05) is 18.0 Å². The van der Waals surface area contributed by atoms with Gasteiger partial charge in [-0.05, 0) is 12.8 Å². The molecule has 7 heteroatoms. The van der Waals surface area contributed by atoms with Gasteiger partial charge in [0, 0.05) is 20.0 Å². The average molecular weight is 252 g/mol. The van der Waals surface area contributed by atoms with Gasteiger partial charge >= 0.3 is 5.69 Å². The Kier molecular flexibility index (Phi) is 3.31. The van der Waals surface area contributed by atoms with E-state index in [4.69, 9.17) is 0 Å². The van der Waals surface area contributed by atoms with E-state index >= 15 is 0 Å². The second-order valence-electron chi connectivity index (χ2n) is 4.42. The lowest BCUT2D eigenvalue weighted by Gasteiger charge is -2.26. The number of aromatic nitrogens is 2. The van der Waals surface area contributed by atoms with Crippen molar-refractivity contribution >= 4 is 17.3 Å². The summed E-state index contributed by atoms with van der Waals surface area (Å²) in [6, 6.07) is 0. The molecule has 1 aliphatic rings. The first-order valence-electron chi connectivity index (χ1n) is 6.01. The molecule has 0 atom stereocenters. The summed E-state index contributed by atoms with van der Waals surface area (Å²) in [5.41, 5.74) is 0.505. The molecule has 18 heavy (non-hydrogen) atoms. The second kappa shape index (κ2) is 4.75. The van der Waals surface area contributed by atoms with Gasteiger partial charge in [0.2, 0.25) is 5.82 Å². The molecule has 1 aromatic rings. The monoisotopic (exact) mass is 252 g/mol. The fourth-order valence-corrected chi connectivity index (χ4v) is 2.36. The zero-order valence-electron chi connectivity index (χ0n) is 10.5. The highest BCUT2D eigenvalue weighted by Gasteiger charge is 2.31. The third-order valence-electron chi connectivity index (χ3n) is 3.13. The van der Waals surface area contributed by atoms with Crippen molar-refractivity contribution in [2.45, 2.75) is 26.2 Å². The molecule has 1 saturated heterocycles. The van der Waals surface area contributed by atoms with Crippen LogP contribution in [0.25, 0.3) is 0 Å². The summed E-state index contributed by atoms with van der Waals surface area (Å²) in [4.78, 5) is 24.0. The highest BCUT2D eigenvalue weighted by atomic mass is 16.6. The minimum absolute atomic E-state index is 0.0368. The summed E-state index contributed by atoms with van der Waals surface area (Å²) in [5, 5.41) is 15.4. The molecule has 1 aliphatic heterocycles. The SMILES string of the molecule is CCc1nn(C)c(N2CCCC(=O)C2)c1[N+](=O)[O-]. The van der Waals surface area contributed by atoms with Crippen molar-refractivity contribution in [2.24, 2.45) is 7.05 Å². The molecule has 0 radical (unpaired) electrons. The highest BCUT2D eigenvalue weighted by molar-refractivity contribution is 5.85. The summed E-state index contributed by atoms with van der Waals surface area (Å²) >= 11 is 0. The number of hydrogen-bond donors (Lipinski definition) is 0. The molecule has 1 fully saturated rings. The van der Waals surface area contributed by atoms with E-state index < -0.39 is 4.92 Å². The molecule has 2 heterocycles. The predicted octanol–water partition coefficient (Wildman–Crippen LogP) is 1.06. The molecule has 0 aliphatic carbocycles. The Morgan fingerprint density at radius 3 is 2.78 bits per heavy atom. The first-order chi connectivity index (χ1) is 8.54. The standard InChI is InChI=1S/C11H16N4O3/c1-3-9-10(15(17)18)11(13(2)12-9)14-6-4-5-8(16)7-14/h3-7H2,1-2H3. The lowest BCUT2D eigenvalue weighted by molar-refractivity contribution is -0.384. The summed E-state index contributed by atoms with van der Waals surface area (Å²) < 4.78 is 1.51. The van der Waals surface area contributed by atoms with E-state index in [0.717, 1.165) is 6.42 Å². The van der Waals surface area contributed by atoms with Crippen molar-refractivity contribution in [3.05, 3.63) is 15.8 Å². The highest BCUT2D eigenvalue weighted by Crippen LogP contribution is 2.32. The van der Waals surface area contributed by atoms with Gasteiger partial charge in [-0.1, -0.05) is 6.92 Å². The zero-order valence-corrected chi connectivity index (χ0v) is 10.5. The first kappa shape index (κ1) is 12.5. The van der Waals surface area contributed by atoms with E-state index in [0.29, 0.717) is 30.9 Å². The van der Waals surface area contributed by atoms with Crippen LogP contribution >= 0.6 is 0 Å². The fraction of sp³-hybridized carbons (Fsp3) is 0.636. The van der Waals surface area contributed by atoms with Gasteiger partial charge < -0.3 is 4.90 Å². The van der Waals surface area contributed by atoms with Crippen molar-refractivity contribution < 1.29 is 9.72 Å². The lowest BCUT2D eigenvalue weighted by Crippen LogP contribution is -2.37. The van der Waals surface area contributed by atoms with Gasteiger partial charge in [0.25, 0.3) is 0 Å². The van der Waals surface area contributed by atoms with Gasteiger partial charge in [0.1, 0.15) is 5.69 Å². The van der Waals surface area contributed by atoms with E-state index in [1.165, 1.54) is 4.68 Å². The first-order valence-corrected chi connectivity index (χ1v) is 6.01. The van der Waals surface area contributed by atoms with Crippen LogP contribution in [0.15, 0.2) is 0 Å². The van der Waals surface area contributed by atoms with Crippen LogP contribution < -0.4 is 4.90 Å². The van der Waals surface area contributed by atoms with Crippen LogP contribution in [0.4, 0.5) is 11.5 Å². The molecule has 0 saturated carbocycles. The third kappa shape index (κ3) is 2.07. The quantitative estimate of drug-likeness (QED) is 0.593. The molecular formula is C11H16N4O3. The molecular weight excluding hydrogens is 236 g/mol.